The van der Waals surface area contributed by atoms with E-state index in [1.54, 1.807) is 56.8 Å². The van der Waals surface area contributed by atoms with Crippen molar-refractivity contribution in [1.29, 1.82) is 0 Å². The van der Waals surface area contributed by atoms with Crippen LogP contribution in [0.3, 0.4) is 0 Å². The molecule has 7 nitrogen and oxygen atoms in total. The Balaban J connectivity index is 1.31. The van der Waals surface area contributed by atoms with Crippen LogP contribution in [0.15, 0.2) is 60.9 Å². The maximum atomic E-state index is 13.2. The Labute approximate surface area is 223 Å². The van der Waals surface area contributed by atoms with Crippen molar-refractivity contribution < 1.29 is 28.2 Å². The van der Waals surface area contributed by atoms with E-state index in [0.717, 1.165) is 0 Å². The Morgan fingerprint density at radius 1 is 0.895 bits per heavy atom. The van der Waals surface area contributed by atoms with Gasteiger partial charge in [0.1, 0.15) is 16.6 Å². The van der Waals surface area contributed by atoms with Crippen molar-refractivity contribution in [3.8, 4) is 23.1 Å². The third kappa shape index (κ3) is 5.04. The highest BCUT2D eigenvalue weighted by atomic mass is 35.5. The number of Topliss-reactive ketones (excluding diaryl/α,β-unsaturated/α-hetero) is 2. The maximum absolute atomic E-state index is 13.2. The maximum Gasteiger partial charge on any atom is 0.238 e. The molecule has 0 aliphatic heterocycles. The zero-order chi connectivity index (χ0) is 26.9. The smallest absolute Gasteiger partial charge is 0.238 e. The van der Waals surface area contributed by atoms with Crippen molar-refractivity contribution in [3.05, 3.63) is 82.9 Å². The second-order valence-corrected chi connectivity index (χ2v) is 9.58. The molecule has 0 unspecified atom stereocenters. The molecule has 2 aromatic carbocycles. The molecule has 0 spiro atoms. The van der Waals surface area contributed by atoms with E-state index in [9.17, 15) is 14.0 Å². The standard InChI is InChI=1S/C29H24ClFN2O5/c1-36-24-14-20-22(15-25(24)37-2)32-10-7-23(20)38-28-21(30)11-18(16-33-28)13-27(35)29(8-9-29)26(34)12-17-3-5-19(31)6-4-17/h3-7,10-11,14-16H,8-9,12-13H2,1-2H3. The number of nitrogens with zero attached hydrogens (tertiary/aromatic N) is 2. The summed E-state index contributed by atoms with van der Waals surface area (Å²) in [6, 6.07) is 12.6. The van der Waals surface area contributed by atoms with Crippen molar-refractivity contribution in [3.63, 3.8) is 0 Å². The first-order chi connectivity index (χ1) is 18.3. The van der Waals surface area contributed by atoms with Crippen LogP contribution in [0.5, 0.6) is 23.1 Å². The first-order valence-electron chi connectivity index (χ1n) is 12.0. The molecule has 0 radical (unpaired) electrons. The normalized spacial score (nSPS) is 13.7. The quantitative estimate of drug-likeness (QED) is 0.233. The highest BCUT2D eigenvalue weighted by Crippen LogP contribution is 2.49. The highest BCUT2D eigenvalue weighted by Gasteiger charge is 2.54. The van der Waals surface area contributed by atoms with Crippen molar-refractivity contribution in [2.75, 3.05) is 14.2 Å². The summed E-state index contributed by atoms with van der Waals surface area (Å²) in [6.07, 6.45) is 4.26. The number of pyridine rings is 2. The molecular formula is C29H24ClFN2O5. The largest absolute Gasteiger partial charge is 0.493 e. The summed E-state index contributed by atoms with van der Waals surface area (Å²) >= 11 is 6.48. The number of carbonyl (C=O) groups excluding carboxylic acids is 2. The Bertz CT molecular complexity index is 1540. The molecule has 1 aliphatic carbocycles. The molecule has 9 heteroatoms. The summed E-state index contributed by atoms with van der Waals surface area (Å²) in [7, 11) is 3.09. The van der Waals surface area contributed by atoms with Crippen LogP contribution in [-0.2, 0) is 22.4 Å². The fourth-order valence-electron chi connectivity index (χ4n) is 4.43. The van der Waals surface area contributed by atoms with Crippen LogP contribution in [0.1, 0.15) is 24.0 Å². The lowest BCUT2D eigenvalue weighted by Gasteiger charge is -2.14. The first kappa shape index (κ1) is 25.6. The van der Waals surface area contributed by atoms with Gasteiger partial charge in [0, 0.05) is 36.7 Å². The fourth-order valence-corrected chi connectivity index (χ4v) is 4.65. The lowest BCUT2D eigenvalue weighted by atomic mass is 9.88. The topological polar surface area (TPSA) is 87.6 Å². The molecule has 1 fully saturated rings. The summed E-state index contributed by atoms with van der Waals surface area (Å²) in [5, 5.41) is 0.904. The van der Waals surface area contributed by atoms with Gasteiger partial charge in [0.2, 0.25) is 5.88 Å². The molecule has 0 N–H and O–H groups in total. The molecular weight excluding hydrogens is 511 g/mol. The second-order valence-electron chi connectivity index (χ2n) is 9.17. The number of carbonyl (C=O) groups is 2. The Morgan fingerprint density at radius 3 is 2.18 bits per heavy atom. The lowest BCUT2D eigenvalue weighted by Crippen LogP contribution is -2.29. The van der Waals surface area contributed by atoms with E-state index < -0.39 is 5.41 Å². The van der Waals surface area contributed by atoms with E-state index in [-0.39, 0.29) is 41.1 Å². The van der Waals surface area contributed by atoms with Crippen LogP contribution in [0.25, 0.3) is 10.9 Å². The number of rotatable bonds is 10. The van der Waals surface area contributed by atoms with Gasteiger partial charge in [-0.3, -0.25) is 14.6 Å². The third-order valence-corrected chi connectivity index (χ3v) is 7.01. The molecule has 1 saturated carbocycles. The summed E-state index contributed by atoms with van der Waals surface area (Å²) in [4.78, 5) is 34.7. The molecule has 38 heavy (non-hydrogen) atoms. The summed E-state index contributed by atoms with van der Waals surface area (Å²) < 4.78 is 29.9. The third-order valence-electron chi connectivity index (χ3n) is 6.74. The van der Waals surface area contributed by atoms with E-state index in [2.05, 4.69) is 9.97 Å². The molecule has 1 aliphatic rings. The van der Waals surface area contributed by atoms with Gasteiger partial charge in [-0.15, -0.1) is 0 Å². The minimum Gasteiger partial charge on any atom is -0.493 e. The van der Waals surface area contributed by atoms with Gasteiger partial charge in [-0.25, -0.2) is 9.37 Å². The Hall–Kier alpha value is -4.04. The van der Waals surface area contributed by atoms with Crippen LogP contribution < -0.4 is 14.2 Å². The zero-order valence-corrected chi connectivity index (χ0v) is 21.5. The lowest BCUT2D eigenvalue weighted by molar-refractivity contribution is -0.133. The predicted octanol–water partition coefficient (Wildman–Crippen LogP) is 5.94. The number of ether oxygens (including phenoxy) is 3. The number of fused-ring (bicyclic) bond motifs is 1. The molecule has 2 aromatic heterocycles. The molecule has 0 saturated heterocycles. The van der Waals surface area contributed by atoms with E-state index in [0.29, 0.717) is 52.1 Å². The molecule has 5 rings (SSSR count). The minimum atomic E-state index is -0.994. The average Bonchev–Trinajstić information content (AvgIpc) is 3.73. The van der Waals surface area contributed by atoms with Gasteiger partial charge in [0.25, 0.3) is 0 Å². The Morgan fingerprint density at radius 2 is 1.55 bits per heavy atom. The Kier molecular flexibility index (Phi) is 6.99. The molecule has 0 bridgehead atoms. The number of halogens is 2. The number of ketones is 2. The number of hydrogen-bond donors (Lipinski definition) is 0. The fraction of sp³-hybridized carbons (Fsp3) is 0.241. The SMILES string of the molecule is COc1cc2nccc(Oc3ncc(CC(=O)C4(C(=O)Cc5ccc(F)cc5)CC4)cc3Cl)c2cc1OC. The molecule has 4 aromatic rings. The van der Waals surface area contributed by atoms with Crippen LogP contribution in [0, 0.1) is 11.2 Å². The van der Waals surface area contributed by atoms with Crippen molar-refractivity contribution in [1.82, 2.24) is 9.97 Å². The van der Waals surface area contributed by atoms with Crippen LogP contribution in [0.4, 0.5) is 4.39 Å². The number of hydrogen-bond acceptors (Lipinski definition) is 7. The van der Waals surface area contributed by atoms with Crippen LogP contribution in [0.2, 0.25) is 5.02 Å². The first-order valence-corrected chi connectivity index (χ1v) is 12.3. The van der Waals surface area contributed by atoms with E-state index in [1.807, 2.05) is 0 Å². The summed E-state index contributed by atoms with van der Waals surface area (Å²) in [5.41, 5.74) is 0.908. The van der Waals surface area contributed by atoms with Crippen molar-refractivity contribution in [2.45, 2.75) is 25.7 Å². The van der Waals surface area contributed by atoms with E-state index in [4.69, 9.17) is 25.8 Å². The van der Waals surface area contributed by atoms with Gasteiger partial charge in [0.05, 0.1) is 25.2 Å². The van der Waals surface area contributed by atoms with Gasteiger partial charge in [-0.05, 0) is 54.3 Å². The number of aromatic nitrogens is 2. The number of methoxy groups -OCH3 is 2. The van der Waals surface area contributed by atoms with Crippen molar-refractivity contribution >= 4 is 34.1 Å². The van der Waals surface area contributed by atoms with Gasteiger partial charge in [-0.1, -0.05) is 23.7 Å². The summed E-state index contributed by atoms with van der Waals surface area (Å²) in [6.45, 7) is 0. The average molecular weight is 535 g/mol. The van der Waals surface area contributed by atoms with E-state index >= 15 is 0 Å². The zero-order valence-electron chi connectivity index (χ0n) is 20.8. The number of benzene rings is 2. The molecule has 0 amide bonds. The molecule has 2 heterocycles. The van der Waals surface area contributed by atoms with Gasteiger partial charge >= 0.3 is 0 Å². The summed E-state index contributed by atoms with van der Waals surface area (Å²) in [5.74, 6) is 1.01. The second kappa shape index (κ2) is 10.4. The molecule has 0 atom stereocenters. The van der Waals surface area contributed by atoms with Gasteiger partial charge in [-0.2, -0.15) is 0 Å². The highest BCUT2D eigenvalue weighted by molar-refractivity contribution is 6.32. The monoisotopic (exact) mass is 534 g/mol. The minimum absolute atomic E-state index is 0.0251. The van der Waals surface area contributed by atoms with Crippen LogP contribution >= 0.6 is 11.6 Å². The van der Waals surface area contributed by atoms with Crippen LogP contribution in [-0.4, -0.2) is 35.8 Å². The van der Waals surface area contributed by atoms with Crippen molar-refractivity contribution in [2.24, 2.45) is 5.41 Å². The van der Waals surface area contributed by atoms with Gasteiger partial charge in [0.15, 0.2) is 23.1 Å². The van der Waals surface area contributed by atoms with E-state index in [1.165, 1.54) is 18.3 Å². The predicted molar refractivity (Wildman–Crippen MR) is 140 cm³/mol. The van der Waals surface area contributed by atoms with Gasteiger partial charge < -0.3 is 14.2 Å². The molecule has 194 valence electrons.